The summed E-state index contributed by atoms with van der Waals surface area (Å²) in [5.74, 6) is 0.394. The van der Waals surface area contributed by atoms with Crippen molar-refractivity contribution in [2.45, 2.75) is 13.3 Å². The van der Waals surface area contributed by atoms with E-state index in [1.165, 1.54) is 0 Å². The molecule has 0 saturated heterocycles. The minimum atomic E-state index is -0.0779. The lowest BCUT2D eigenvalue weighted by Gasteiger charge is -2.02. The molecule has 0 aromatic carbocycles. The Kier molecular flexibility index (Phi) is 3.69. The molecule has 3 nitrogen and oxygen atoms in total. The number of amides is 1. The second kappa shape index (κ2) is 4.58. The fourth-order valence-electron chi connectivity index (χ4n) is 0.714. The van der Waals surface area contributed by atoms with Crippen LogP contribution >= 0.6 is 27.5 Å². The fraction of sp³-hybridized carbons (Fsp3) is 0.250. The van der Waals surface area contributed by atoms with Gasteiger partial charge in [0.15, 0.2) is 0 Å². The number of carbonyl (C=O) groups is 1. The summed E-state index contributed by atoms with van der Waals surface area (Å²) in [6, 6.07) is 1.60. The molecular formula is C8H8BrClN2O. The zero-order valence-electron chi connectivity index (χ0n) is 6.97. The summed E-state index contributed by atoms with van der Waals surface area (Å²) in [5, 5.41) is 3.13. The van der Waals surface area contributed by atoms with Crippen molar-refractivity contribution in [2.24, 2.45) is 0 Å². The number of hydrogen-bond donors (Lipinski definition) is 1. The van der Waals surface area contributed by atoms with E-state index in [9.17, 15) is 4.79 Å². The smallest absolute Gasteiger partial charge is 0.225 e. The van der Waals surface area contributed by atoms with E-state index in [2.05, 4.69) is 26.2 Å². The predicted octanol–water partition coefficient (Wildman–Crippen LogP) is 2.85. The quantitative estimate of drug-likeness (QED) is 0.891. The van der Waals surface area contributed by atoms with Crippen LogP contribution in [0.2, 0.25) is 5.02 Å². The molecule has 70 valence electrons. The molecule has 0 unspecified atom stereocenters. The minimum absolute atomic E-state index is 0.0779. The van der Waals surface area contributed by atoms with Gasteiger partial charge in [0.25, 0.3) is 0 Å². The molecule has 0 spiro atoms. The lowest BCUT2D eigenvalue weighted by Crippen LogP contribution is -2.10. The van der Waals surface area contributed by atoms with Crippen molar-refractivity contribution in [1.29, 1.82) is 0 Å². The minimum Gasteiger partial charge on any atom is -0.311 e. The zero-order chi connectivity index (χ0) is 9.84. The van der Waals surface area contributed by atoms with E-state index in [4.69, 9.17) is 11.6 Å². The molecule has 5 heteroatoms. The van der Waals surface area contributed by atoms with Crippen molar-refractivity contribution in [2.75, 3.05) is 5.32 Å². The molecule has 0 radical (unpaired) electrons. The van der Waals surface area contributed by atoms with Gasteiger partial charge in [0.2, 0.25) is 5.91 Å². The third-order valence-corrected chi connectivity index (χ3v) is 2.57. The normalized spacial score (nSPS) is 9.77. The number of anilines is 1. The topological polar surface area (TPSA) is 42.0 Å². The zero-order valence-corrected chi connectivity index (χ0v) is 9.32. The van der Waals surface area contributed by atoms with Crippen molar-refractivity contribution in [3.05, 3.63) is 21.8 Å². The van der Waals surface area contributed by atoms with Gasteiger partial charge >= 0.3 is 0 Å². The summed E-state index contributed by atoms with van der Waals surface area (Å²) in [4.78, 5) is 14.9. The SMILES string of the molecule is CCC(=O)Nc1cc(Cl)c(Br)cn1. The van der Waals surface area contributed by atoms with Crippen LogP contribution in [0.15, 0.2) is 16.7 Å². The first-order valence-corrected chi connectivity index (χ1v) is 4.91. The van der Waals surface area contributed by atoms with Crippen molar-refractivity contribution in [3.8, 4) is 0 Å². The van der Waals surface area contributed by atoms with Crippen molar-refractivity contribution < 1.29 is 4.79 Å². The Hall–Kier alpha value is -0.610. The third kappa shape index (κ3) is 2.97. The van der Waals surface area contributed by atoms with Crippen molar-refractivity contribution in [3.63, 3.8) is 0 Å². The largest absolute Gasteiger partial charge is 0.311 e. The van der Waals surface area contributed by atoms with Crippen LogP contribution < -0.4 is 5.32 Å². The number of pyridine rings is 1. The molecule has 0 aliphatic rings. The summed E-state index contributed by atoms with van der Waals surface area (Å²) in [6.45, 7) is 1.77. The molecule has 0 aliphatic heterocycles. The van der Waals surface area contributed by atoms with E-state index in [0.29, 0.717) is 21.7 Å². The molecule has 1 N–H and O–H groups in total. The Morgan fingerprint density at radius 2 is 2.46 bits per heavy atom. The Labute approximate surface area is 89.6 Å². The van der Waals surface area contributed by atoms with Crippen molar-refractivity contribution in [1.82, 2.24) is 4.98 Å². The lowest BCUT2D eigenvalue weighted by molar-refractivity contribution is -0.115. The first-order chi connectivity index (χ1) is 6.13. The highest BCUT2D eigenvalue weighted by molar-refractivity contribution is 9.10. The molecule has 1 aromatic heterocycles. The standard InChI is InChI=1S/C8H8BrClN2O/c1-2-8(13)12-7-3-6(10)5(9)4-11-7/h3-4H,2H2,1H3,(H,11,12,13). The number of rotatable bonds is 2. The lowest BCUT2D eigenvalue weighted by atomic mass is 10.4. The highest BCUT2D eigenvalue weighted by atomic mass is 79.9. The van der Waals surface area contributed by atoms with Gasteiger partial charge in [0.1, 0.15) is 5.82 Å². The average molecular weight is 264 g/mol. The monoisotopic (exact) mass is 262 g/mol. The van der Waals surface area contributed by atoms with Gasteiger partial charge in [-0.2, -0.15) is 0 Å². The van der Waals surface area contributed by atoms with E-state index in [0.717, 1.165) is 0 Å². The van der Waals surface area contributed by atoms with Gasteiger partial charge in [0, 0.05) is 18.7 Å². The maximum absolute atomic E-state index is 11.0. The first-order valence-electron chi connectivity index (χ1n) is 3.74. The van der Waals surface area contributed by atoms with Gasteiger partial charge in [-0.1, -0.05) is 18.5 Å². The molecule has 13 heavy (non-hydrogen) atoms. The third-order valence-electron chi connectivity index (χ3n) is 1.40. The van der Waals surface area contributed by atoms with Crippen LogP contribution in [0, 0.1) is 0 Å². The molecule has 1 heterocycles. The highest BCUT2D eigenvalue weighted by Gasteiger charge is 2.02. The van der Waals surface area contributed by atoms with Crippen LogP contribution in [0.25, 0.3) is 0 Å². The van der Waals surface area contributed by atoms with E-state index in [-0.39, 0.29) is 5.91 Å². The molecule has 0 aliphatic carbocycles. The summed E-state index contributed by atoms with van der Waals surface area (Å²) in [7, 11) is 0. The number of hydrogen-bond acceptors (Lipinski definition) is 2. The molecule has 1 rings (SSSR count). The Morgan fingerprint density at radius 3 is 3.00 bits per heavy atom. The number of aromatic nitrogens is 1. The molecule has 0 fully saturated rings. The maximum Gasteiger partial charge on any atom is 0.225 e. The van der Waals surface area contributed by atoms with Gasteiger partial charge in [-0.15, -0.1) is 0 Å². The van der Waals surface area contributed by atoms with Gasteiger partial charge in [-0.25, -0.2) is 4.98 Å². The van der Waals surface area contributed by atoms with Gasteiger partial charge in [-0.3, -0.25) is 4.79 Å². The molecular weight excluding hydrogens is 255 g/mol. The second-order valence-corrected chi connectivity index (χ2v) is 3.65. The van der Waals surface area contributed by atoms with E-state index < -0.39 is 0 Å². The summed E-state index contributed by atoms with van der Waals surface area (Å²) < 4.78 is 0.712. The number of nitrogens with one attached hydrogen (secondary N) is 1. The van der Waals surface area contributed by atoms with E-state index >= 15 is 0 Å². The van der Waals surface area contributed by atoms with E-state index in [1.54, 1.807) is 19.2 Å². The van der Waals surface area contributed by atoms with Gasteiger partial charge < -0.3 is 5.32 Å². The number of nitrogens with zero attached hydrogens (tertiary/aromatic N) is 1. The number of halogens is 2. The summed E-state index contributed by atoms with van der Waals surface area (Å²) in [6.07, 6.45) is 1.98. The Balaban J connectivity index is 2.79. The van der Waals surface area contributed by atoms with Crippen LogP contribution in [-0.2, 0) is 4.79 Å². The average Bonchev–Trinajstić information content (AvgIpc) is 2.11. The van der Waals surface area contributed by atoms with Gasteiger partial charge in [-0.05, 0) is 15.9 Å². The number of carbonyl (C=O) groups excluding carboxylic acids is 1. The van der Waals surface area contributed by atoms with Crippen molar-refractivity contribution >= 4 is 39.3 Å². The molecule has 1 amide bonds. The molecule has 0 saturated carbocycles. The van der Waals surface area contributed by atoms with Crippen LogP contribution in [0.1, 0.15) is 13.3 Å². The summed E-state index contributed by atoms with van der Waals surface area (Å²) >= 11 is 9.01. The van der Waals surface area contributed by atoms with E-state index in [1.807, 2.05) is 0 Å². The van der Waals surface area contributed by atoms with Crippen LogP contribution in [-0.4, -0.2) is 10.9 Å². The molecule has 0 atom stereocenters. The fourth-order valence-corrected chi connectivity index (χ4v) is 1.08. The first kappa shape index (κ1) is 10.5. The summed E-state index contributed by atoms with van der Waals surface area (Å²) in [5.41, 5.74) is 0. The maximum atomic E-state index is 11.0. The van der Waals surface area contributed by atoms with Crippen LogP contribution in [0.4, 0.5) is 5.82 Å². The predicted molar refractivity (Wildman–Crippen MR) is 55.9 cm³/mol. The highest BCUT2D eigenvalue weighted by Crippen LogP contribution is 2.23. The Bertz CT molecular complexity index is 330. The van der Waals surface area contributed by atoms with Crippen LogP contribution in [0.3, 0.4) is 0 Å². The van der Waals surface area contributed by atoms with Crippen LogP contribution in [0.5, 0.6) is 0 Å². The second-order valence-electron chi connectivity index (χ2n) is 2.39. The molecule has 1 aromatic rings. The Morgan fingerprint density at radius 1 is 1.77 bits per heavy atom. The van der Waals surface area contributed by atoms with Gasteiger partial charge in [0.05, 0.1) is 9.50 Å². The molecule has 0 bridgehead atoms.